The zero-order valence-electron chi connectivity index (χ0n) is 20.7. The zero-order valence-corrected chi connectivity index (χ0v) is 20.7. The molecule has 37 heavy (non-hydrogen) atoms. The first kappa shape index (κ1) is 23.0. The summed E-state index contributed by atoms with van der Waals surface area (Å²) in [6.45, 7) is 2.73. The fourth-order valence-corrected chi connectivity index (χ4v) is 4.98. The van der Waals surface area contributed by atoms with Gasteiger partial charge in [-0.3, -0.25) is 4.79 Å². The summed E-state index contributed by atoms with van der Waals surface area (Å²) < 4.78 is 7.40. The van der Waals surface area contributed by atoms with Gasteiger partial charge in [0, 0.05) is 43.5 Å². The molecular weight excluding hydrogens is 464 g/mol. The predicted octanol–water partition coefficient (Wildman–Crippen LogP) is 4.23. The van der Waals surface area contributed by atoms with Gasteiger partial charge in [-0.25, -0.2) is 9.38 Å². The maximum absolute atomic E-state index is 13.3. The lowest BCUT2D eigenvalue weighted by Gasteiger charge is -2.24. The van der Waals surface area contributed by atoms with E-state index in [1.54, 1.807) is 13.2 Å². The van der Waals surface area contributed by atoms with E-state index in [1.807, 2.05) is 65.6 Å². The SMILES string of the molecule is COc1cccc(C(=O)N2CCCN(c3nc4ccccc4c4nnc(Cc5ccccc5)n34)CC2)c1. The standard InChI is InChI=1S/C29H28N6O2/c1-37-23-12-7-11-22(20-23)28(36)33-15-8-16-34(18-17-33)29-30-25-14-6-5-13-24(25)27-32-31-26(35(27)29)19-21-9-3-2-4-10-21/h2-7,9-14,20H,8,15-19H2,1H3. The molecule has 1 fully saturated rings. The lowest BCUT2D eigenvalue weighted by atomic mass is 10.1. The molecule has 0 aliphatic carbocycles. The van der Waals surface area contributed by atoms with E-state index in [0.29, 0.717) is 37.4 Å². The first-order valence-corrected chi connectivity index (χ1v) is 12.6. The number of methoxy groups -OCH3 is 1. The quantitative estimate of drug-likeness (QED) is 0.366. The highest BCUT2D eigenvalue weighted by molar-refractivity contribution is 5.95. The minimum absolute atomic E-state index is 0.0198. The molecule has 0 unspecified atom stereocenters. The fraction of sp³-hybridized carbons (Fsp3) is 0.241. The van der Waals surface area contributed by atoms with Crippen LogP contribution in [0.4, 0.5) is 5.95 Å². The minimum atomic E-state index is 0.0198. The van der Waals surface area contributed by atoms with E-state index in [-0.39, 0.29) is 5.91 Å². The van der Waals surface area contributed by atoms with Crippen molar-refractivity contribution < 1.29 is 9.53 Å². The molecule has 0 spiro atoms. The maximum atomic E-state index is 13.3. The smallest absolute Gasteiger partial charge is 0.254 e. The molecular formula is C29H28N6O2. The van der Waals surface area contributed by atoms with Crippen molar-refractivity contribution in [3.63, 3.8) is 0 Å². The molecule has 186 valence electrons. The van der Waals surface area contributed by atoms with E-state index in [0.717, 1.165) is 41.3 Å². The van der Waals surface area contributed by atoms with Gasteiger partial charge in [-0.2, -0.15) is 0 Å². The van der Waals surface area contributed by atoms with Crippen LogP contribution in [0, 0.1) is 0 Å². The largest absolute Gasteiger partial charge is 0.497 e. The topological polar surface area (TPSA) is 75.9 Å². The van der Waals surface area contributed by atoms with Crippen LogP contribution in [0.5, 0.6) is 5.75 Å². The molecule has 1 aliphatic heterocycles. The fourth-order valence-electron chi connectivity index (χ4n) is 4.98. The van der Waals surface area contributed by atoms with Gasteiger partial charge in [-0.05, 0) is 42.3 Å². The lowest BCUT2D eigenvalue weighted by Crippen LogP contribution is -2.36. The van der Waals surface area contributed by atoms with Gasteiger partial charge in [0.15, 0.2) is 5.65 Å². The Morgan fingerprint density at radius 2 is 1.73 bits per heavy atom. The molecule has 0 radical (unpaired) electrons. The molecule has 3 heterocycles. The molecule has 1 aliphatic rings. The van der Waals surface area contributed by atoms with Gasteiger partial charge >= 0.3 is 0 Å². The second kappa shape index (κ2) is 9.89. The van der Waals surface area contributed by atoms with Crippen LogP contribution < -0.4 is 9.64 Å². The normalized spacial score (nSPS) is 14.2. The molecule has 0 N–H and O–H groups in total. The van der Waals surface area contributed by atoms with E-state index in [1.165, 1.54) is 5.56 Å². The third-order valence-electron chi connectivity index (χ3n) is 6.88. The Balaban J connectivity index is 1.34. The van der Waals surface area contributed by atoms with Crippen molar-refractivity contribution in [2.24, 2.45) is 0 Å². The number of aromatic nitrogens is 4. The van der Waals surface area contributed by atoms with Crippen molar-refractivity contribution in [3.05, 3.63) is 95.8 Å². The number of fused-ring (bicyclic) bond motifs is 3. The first-order chi connectivity index (χ1) is 18.2. The van der Waals surface area contributed by atoms with Crippen LogP contribution in [0.25, 0.3) is 16.6 Å². The number of para-hydroxylation sites is 1. The summed E-state index contributed by atoms with van der Waals surface area (Å²) in [6.07, 6.45) is 1.49. The average Bonchev–Trinajstić information content (AvgIpc) is 3.21. The van der Waals surface area contributed by atoms with Crippen molar-refractivity contribution in [2.45, 2.75) is 12.8 Å². The first-order valence-electron chi connectivity index (χ1n) is 12.6. The number of amides is 1. The lowest BCUT2D eigenvalue weighted by molar-refractivity contribution is 0.0766. The number of ether oxygens (including phenoxy) is 1. The van der Waals surface area contributed by atoms with E-state index in [4.69, 9.17) is 9.72 Å². The minimum Gasteiger partial charge on any atom is -0.497 e. The van der Waals surface area contributed by atoms with Crippen LogP contribution in [0.2, 0.25) is 0 Å². The van der Waals surface area contributed by atoms with Gasteiger partial charge in [-0.1, -0.05) is 48.5 Å². The number of benzene rings is 3. The zero-order chi connectivity index (χ0) is 25.2. The molecule has 6 rings (SSSR count). The Morgan fingerprint density at radius 3 is 2.59 bits per heavy atom. The van der Waals surface area contributed by atoms with Gasteiger partial charge in [0.25, 0.3) is 5.91 Å². The molecule has 2 aromatic heterocycles. The molecule has 0 atom stereocenters. The molecule has 5 aromatic rings. The highest BCUT2D eigenvalue weighted by Crippen LogP contribution is 2.26. The van der Waals surface area contributed by atoms with Gasteiger partial charge in [0.05, 0.1) is 12.6 Å². The van der Waals surface area contributed by atoms with Gasteiger partial charge in [0.1, 0.15) is 11.6 Å². The summed E-state index contributed by atoms with van der Waals surface area (Å²) in [6, 6.07) is 25.7. The molecule has 0 saturated carbocycles. The molecule has 3 aromatic carbocycles. The van der Waals surface area contributed by atoms with Crippen molar-refractivity contribution in [3.8, 4) is 5.75 Å². The third-order valence-corrected chi connectivity index (χ3v) is 6.88. The van der Waals surface area contributed by atoms with E-state index >= 15 is 0 Å². The monoisotopic (exact) mass is 492 g/mol. The van der Waals surface area contributed by atoms with E-state index < -0.39 is 0 Å². The molecule has 1 saturated heterocycles. The Labute approximate surface area is 215 Å². The van der Waals surface area contributed by atoms with Crippen LogP contribution in [-0.2, 0) is 6.42 Å². The number of hydrogen-bond donors (Lipinski definition) is 0. The molecule has 8 nitrogen and oxygen atoms in total. The number of hydrogen-bond acceptors (Lipinski definition) is 6. The van der Waals surface area contributed by atoms with Crippen LogP contribution in [0.1, 0.15) is 28.2 Å². The summed E-state index contributed by atoms with van der Waals surface area (Å²) in [7, 11) is 1.61. The van der Waals surface area contributed by atoms with Gasteiger partial charge in [-0.15, -0.1) is 10.2 Å². The number of nitrogens with zero attached hydrogens (tertiary/aromatic N) is 6. The van der Waals surface area contributed by atoms with Crippen LogP contribution in [0.3, 0.4) is 0 Å². The second-order valence-electron chi connectivity index (χ2n) is 9.23. The third kappa shape index (κ3) is 4.46. The number of anilines is 1. The Hall–Kier alpha value is -4.46. The van der Waals surface area contributed by atoms with Crippen molar-refractivity contribution in [1.82, 2.24) is 24.5 Å². The maximum Gasteiger partial charge on any atom is 0.254 e. The number of carbonyl (C=O) groups is 1. The van der Waals surface area contributed by atoms with E-state index in [9.17, 15) is 4.79 Å². The van der Waals surface area contributed by atoms with Crippen LogP contribution >= 0.6 is 0 Å². The highest BCUT2D eigenvalue weighted by atomic mass is 16.5. The summed E-state index contributed by atoms with van der Waals surface area (Å²) in [5.74, 6) is 2.37. The predicted molar refractivity (Wildman–Crippen MR) is 143 cm³/mol. The molecule has 8 heteroatoms. The van der Waals surface area contributed by atoms with E-state index in [2.05, 4.69) is 31.6 Å². The highest BCUT2D eigenvalue weighted by Gasteiger charge is 2.25. The van der Waals surface area contributed by atoms with Crippen molar-refractivity contribution in [1.29, 1.82) is 0 Å². The van der Waals surface area contributed by atoms with Gasteiger partial charge in [0.2, 0.25) is 5.95 Å². The molecule has 0 bridgehead atoms. The summed E-state index contributed by atoms with van der Waals surface area (Å²) in [4.78, 5) is 22.5. The van der Waals surface area contributed by atoms with Crippen LogP contribution in [-0.4, -0.2) is 63.7 Å². The number of rotatable bonds is 5. The van der Waals surface area contributed by atoms with Crippen LogP contribution in [0.15, 0.2) is 78.9 Å². The molecule has 1 amide bonds. The summed E-state index contributed by atoms with van der Waals surface area (Å²) in [5.41, 5.74) is 3.50. The van der Waals surface area contributed by atoms with Gasteiger partial charge < -0.3 is 14.5 Å². The van der Waals surface area contributed by atoms with Crippen molar-refractivity contribution >= 4 is 28.4 Å². The Bertz CT molecular complexity index is 1570. The van der Waals surface area contributed by atoms with Crippen molar-refractivity contribution in [2.75, 3.05) is 38.2 Å². The second-order valence-corrected chi connectivity index (χ2v) is 9.23. The number of carbonyl (C=O) groups excluding carboxylic acids is 1. The Kier molecular flexibility index (Phi) is 6.14. The Morgan fingerprint density at radius 1 is 0.892 bits per heavy atom. The summed E-state index contributed by atoms with van der Waals surface area (Å²) >= 11 is 0. The summed E-state index contributed by atoms with van der Waals surface area (Å²) in [5, 5.41) is 10.2. The average molecular weight is 493 g/mol.